The molecule has 2 aromatic carbocycles. The Hall–Kier alpha value is -2.46. The van der Waals surface area contributed by atoms with E-state index in [1.807, 2.05) is 5.32 Å². The van der Waals surface area contributed by atoms with Gasteiger partial charge >= 0.3 is 6.18 Å². The Morgan fingerprint density at radius 2 is 1.58 bits per heavy atom. The van der Waals surface area contributed by atoms with Gasteiger partial charge in [0.1, 0.15) is 0 Å². The highest BCUT2D eigenvalue weighted by atomic mass is 32.2. The normalized spacial score (nSPS) is 16.2. The molecule has 5 nitrogen and oxygen atoms in total. The zero-order chi connectivity index (χ0) is 23.4. The Bertz CT molecular complexity index is 992. The number of benzene rings is 2. The van der Waals surface area contributed by atoms with Gasteiger partial charge in [-0.05, 0) is 31.5 Å². The molecular formula is C21H23F4NO4S. The lowest BCUT2D eigenvalue weighted by molar-refractivity contribution is -0.247. The number of sulfone groups is 1. The molecule has 3 atom stereocenters. The predicted molar refractivity (Wildman–Crippen MR) is 107 cm³/mol. The van der Waals surface area contributed by atoms with Crippen molar-refractivity contribution in [2.75, 3.05) is 5.75 Å². The summed E-state index contributed by atoms with van der Waals surface area (Å²) in [6.45, 7) is 2.10. The molecule has 0 bridgehead atoms. The van der Waals surface area contributed by atoms with Crippen LogP contribution in [0.4, 0.5) is 17.6 Å². The minimum absolute atomic E-state index is 0.335. The van der Waals surface area contributed by atoms with Crippen LogP contribution in [-0.2, 0) is 21.2 Å². The van der Waals surface area contributed by atoms with Gasteiger partial charge in [-0.3, -0.25) is 4.79 Å². The first-order valence-electron chi connectivity index (χ1n) is 9.34. The van der Waals surface area contributed by atoms with Crippen molar-refractivity contribution in [2.24, 2.45) is 5.92 Å². The largest absolute Gasteiger partial charge is 0.432 e. The lowest BCUT2D eigenvalue weighted by atomic mass is 9.85. The predicted octanol–water partition coefficient (Wildman–Crippen LogP) is 3.35. The summed E-state index contributed by atoms with van der Waals surface area (Å²) in [5, 5.41) is 11.8. The molecule has 10 heteroatoms. The molecule has 0 aliphatic rings. The van der Waals surface area contributed by atoms with Gasteiger partial charge in [-0.25, -0.2) is 12.8 Å². The van der Waals surface area contributed by atoms with E-state index in [2.05, 4.69) is 0 Å². The maximum atomic E-state index is 15.5. The van der Waals surface area contributed by atoms with E-state index in [1.54, 1.807) is 25.1 Å². The Morgan fingerprint density at radius 3 is 2.06 bits per heavy atom. The summed E-state index contributed by atoms with van der Waals surface area (Å²) in [5.74, 6) is -6.06. The zero-order valence-corrected chi connectivity index (χ0v) is 17.7. The first-order valence-corrected chi connectivity index (χ1v) is 11.0. The Labute approximate surface area is 178 Å². The fraction of sp³-hybridized carbons (Fsp3) is 0.381. The van der Waals surface area contributed by atoms with Gasteiger partial charge in [0, 0.05) is 6.54 Å². The molecule has 0 aromatic heterocycles. The summed E-state index contributed by atoms with van der Waals surface area (Å²) < 4.78 is 82.1. The quantitative estimate of drug-likeness (QED) is 0.591. The summed E-state index contributed by atoms with van der Waals surface area (Å²) in [7, 11) is -4.45. The van der Waals surface area contributed by atoms with Crippen LogP contribution in [0.2, 0.25) is 0 Å². The summed E-state index contributed by atoms with van der Waals surface area (Å²) in [6.07, 6.45) is -7.85. The SMILES string of the molecule is Cc1ccc(S(=O)(=O)C[C@@H]([C@H](C)O)[C@@](F)(C(=O)NCc2ccccc2)C(F)(F)F)cc1. The van der Waals surface area contributed by atoms with Gasteiger partial charge in [0.05, 0.1) is 22.7 Å². The van der Waals surface area contributed by atoms with Crippen molar-refractivity contribution < 1.29 is 35.9 Å². The van der Waals surface area contributed by atoms with Crippen LogP contribution in [0.5, 0.6) is 0 Å². The van der Waals surface area contributed by atoms with E-state index in [9.17, 15) is 31.5 Å². The van der Waals surface area contributed by atoms with Crippen molar-refractivity contribution in [1.82, 2.24) is 5.32 Å². The number of hydrogen-bond acceptors (Lipinski definition) is 4. The summed E-state index contributed by atoms with van der Waals surface area (Å²) >= 11 is 0. The average molecular weight is 461 g/mol. The summed E-state index contributed by atoms with van der Waals surface area (Å²) in [5.41, 5.74) is -3.50. The number of halogens is 4. The minimum Gasteiger partial charge on any atom is -0.393 e. The fourth-order valence-electron chi connectivity index (χ4n) is 3.08. The van der Waals surface area contributed by atoms with Crippen LogP contribution in [0.3, 0.4) is 0 Å². The van der Waals surface area contributed by atoms with Crippen molar-refractivity contribution >= 4 is 15.7 Å². The van der Waals surface area contributed by atoms with E-state index in [1.165, 1.54) is 36.4 Å². The summed E-state index contributed by atoms with van der Waals surface area (Å²) in [4.78, 5) is 12.1. The topological polar surface area (TPSA) is 83.5 Å². The maximum absolute atomic E-state index is 15.5. The van der Waals surface area contributed by atoms with Crippen molar-refractivity contribution in [3.63, 3.8) is 0 Å². The van der Waals surface area contributed by atoms with Crippen molar-refractivity contribution in [3.05, 3.63) is 65.7 Å². The van der Waals surface area contributed by atoms with Gasteiger partial charge in [-0.15, -0.1) is 0 Å². The average Bonchev–Trinajstić information content (AvgIpc) is 2.69. The third-order valence-corrected chi connectivity index (χ3v) is 6.70. The molecule has 0 heterocycles. The molecule has 1 amide bonds. The molecule has 2 N–H and O–H groups in total. The standard InChI is InChI=1S/C21H23F4NO4S/c1-14-8-10-17(11-9-14)31(29,30)13-18(15(2)27)20(22,21(23,24)25)19(28)26-12-16-6-4-3-5-7-16/h3-11,15,18,27H,12-13H2,1-2H3,(H,26,28)/t15-,18-,20+/m0/s1. The van der Waals surface area contributed by atoms with Crippen LogP contribution in [-0.4, -0.2) is 43.1 Å². The number of alkyl halides is 4. The number of carbonyl (C=O) groups is 1. The van der Waals surface area contributed by atoms with E-state index in [0.717, 1.165) is 6.92 Å². The van der Waals surface area contributed by atoms with E-state index >= 15 is 4.39 Å². The molecule has 0 fully saturated rings. The van der Waals surface area contributed by atoms with Gasteiger partial charge in [0.25, 0.3) is 11.6 Å². The van der Waals surface area contributed by atoms with Crippen LogP contribution in [0.15, 0.2) is 59.5 Å². The van der Waals surface area contributed by atoms with Gasteiger partial charge in [-0.2, -0.15) is 13.2 Å². The van der Waals surface area contributed by atoms with Gasteiger partial charge < -0.3 is 10.4 Å². The number of aliphatic hydroxyl groups is 1. The lowest BCUT2D eigenvalue weighted by Crippen LogP contribution is -2.62. The smallest absolute Gasteiger partial charge is 0.393 e. The molecule has 31 heavy (non-hydrogen) atoms. The second-order valence-electron chi connectivity index (χ2n) is 7.32. The molecule has 170 valence electrons. The molecule has 2 rings (SSSR count). The highest BCUT2D eigenvalue weighted by Gasteiger charge is 2.67. The first-order chi connectivity index (χ1) is 14.3. The molecule has 0 saturated carbocycles. The number of amides is 1. The maximum Gasteiger partial charge on any atom is 0.432 e. The van der Waals surface area contributed by atoms with Crippen LogP contribution < -0.4 is 5.32 Å². The van der Waals surface area contributed by atoms with Crippen LogP contribution in [0.1, 0.15) is 18.1 Å². The highest BCUT2D eigenvalue weighted by Crippen LogP contribution is 2.43. The van der Waals surface area contributed by atoms with Gasteiger partial charge in [0.15, 0.2) is 9.84 Å². The number of carbonyl (C=O) groups excluding carboxylic acids is 1. The summed E-state index contributed by atoms with van der Waals surface area (Å²) in [6, 6.07) is 13.1. The Kier molecular flexibility index (Phi) is 7.48. The molecule has 0 aliphatic heterocycles. The third kappa shape index (κ3) is 5.62. The van der Waals surface area contributed by atoms with Gasteiger partial charge in [-0.1, -0.05) is 48.0 Å². The molecular weight excluding hydrogens is 438 g/mol. The van der Waals surface area contributed by atoms with Crippen LogP contribution in [0.25, 0.3) is 0 Å². The number of aryl methyl sites for hydroxylation is 1. The zero-order valence-electron chi connectivity index (χ0n) is 16.9. The molecule has 0 spiro atoms. The third-order valence-electron chi connectivity index (χ3n) is 4.91. The van der Waals surface area contributed by atoms with E-state index in [0.29, 0.717) is 11.1 Å². The second-order valence-corrected chi connectivity index (χ2v) is 9.35. The minimum atomic E-state index is -5.77. The molecule has 0 unspecified atom stereocenters. The van der Waals surface area contributed by atoms with Crippen LogP contribution in [0, 0.1) is 12.8 Å². The second kappa shape index (κ2) is 9.35. The monoisotopic (exact) mass is 461 g/mol. The van der Waals surface area contributed by atoms with Crippen LogP contribution >= 0.6 is 0 Å². The number of rotatable bonds is 8. The van der Waals surface area contributed by atoms with Gasteiger partial charge in [0.2, 0.25) is 0 Å². The number of nitrogens with one attached hydrogen (secondary N) is 1. The van der Waals surface area contributed by atoms with E-state index < -0.39 is 51.9 Å². The van der Waals surface area contributed by atoms with E-state index in [-0.39, 0.29) is 4.90 Å². The molecule has 0 radical (unpaired) electrons. The fourth-order valence-corrected chi connectivity index (χ4v) is 4.80. The first kappa shape index (κ1) is 24.8. The molecule has 0 aliphatic carbocycles. The van der Waals surface area contributed by atoms with Crippen molar-refractivity contribution in [1.29, 1.82) is 0 Å². The molecule has 0 saturated heterocycles. The Balaban J connectivity index is 2.39. The van der Waals surface area contributed by atoms with Crippen molar-refractivity contribution in [2.45, 2.75) is 43.2 Å². The lowest BCUT2D eigenvalue weighted by Gasteiger charge is -2.35. The number of aliphatic hydroxyl groups excluding tert-OH is 1. The number of hydrogen-bond donors (Lipinski definition) is 2. The Morgan fingerprint density at radius 1 is 1.03 bits per heavy atom. The van der Waals surface area contributed by atoms with E-state index in [4.69, 9.17) is 0 Å². The highest BCUT2D eigenvalue weighted by molar-refractivity contribution is 7.91. The molecule has 2 aromatic rings. The van der Waals surface area contributed by atoms with Crippen molar-refractivity contribution in [3.8, 4) is 0 Å².